The van der Waals surface area contributed by atoms with Gasteiger partial charge in [0.1, 0.15) is 5.58 Å². The summed E-state index contributed by atoms with van der Waals surface area (Å²) in [5.41, 5.74) is 1.97. The molecule has 0 bridgehead atoms. The van der Waals surface area contributed by atoms with Crippen molar-refractivity contribution in [3.05, 3.63) is 35.0 Å². The highest BCUT2D eigenvalue weighted by molar-refractivity contribution is 6.30. The van der Waals surface area contributed by atoms with Gasteiger partial charge in [0.15, 0.2) is 5.22 Å². The Bertz CT molecular complexity index is 592. The molecule has 1 aromatic carbocycles. The van der Waals surface area contributed by atoms with Crippen LogP contribution in [-0.4, -0.2) is 6.04 Å². The molecule has 3 heteroatoms. The van der Waals surface area contributed by atoms with Crippen LogP contribution in [0.2, 0.25) is 5.22 Å². The molecule has 108 valence electrons. The first kappa shape index (κ1) is 14.0. The second kappa shape index (κ2) is 5.79. The van der Waals surface area contributed by atoms with Gasteiger partial charge in [-0.3, -0.25) is 0 Å². The first-order valence-corrected chi connectivity index (χ1v) is 7.92. The number of hydrogen-bond donors (Lipinski definition) is 1. The lowest BCUT2D eigenvalue weighted by atomic mass is 9.80. The minimum Gasteiger partial charge on any atom is -0.444 e. The van der Waals surface area contributed by atoms with Crippen molar-refractivity contribution in [2.45, 2.75) is 45.7 Å². The molecule has 1 fully saturated rings. The van der Waals surface area contributed by atoms with E-state index < -0.39 is 0 Å². The van der Waals surface area contributed by atoms with Crippen LogP contribution in [0.4, 0.5) is 0 Å². The highest BCUT2D eigenvalue weighted by Crippen LogP contribution is 2.32. The predicted molar refractivity (Wildman–Crippen MR) is 84.0 cm³/mol. The van der Waals surface area contributed by atoms with Crippen molar-refractivity contribution in [1.29, 1.82) is 0 Å². The number of halogens is 1. The zero-order chi connectivity index (χ0) is 14.1. The monoisotopic (exact) mass is 291 g/mol. The van der Waals surface area contributed by atoms with Crippen molar-refractivity contribution >= 4 is 22.6 Å². The predicted octanol–water partition coefficient (Wildman–Crippen LogP) is 5.00. The van der Waals surface area contributed by atoms with Gasteiger partial charge in [-0.2, -0.15) is 0 Å². The van der Waals surface area contributed by atoms with Gasteiger partial charge >= 0.3 is 0 Å². The van der Waals surface area contributed by atoms with Crippen LogP contribution in [0.25, 0.3) is 11.0 Å². The summed E-state index contributed by atoms with van der Waals surface area (Å²) in [6.07, 6.45) is 3.90. The lowest BCUT2D eigenvalue weighted by Crippen LogP contribution is -2.38. The quantitative estimate of drug-likeness (QED) is 0.861. The molecular weight excluding hydrogens is 270 g/mol. The zero-order valence-corrected chi connectivity index (χ0v) is 12.9. The third-order valence-electron chi connectivity index (χ3n) is 4.62. The Morgan fingerprint density at radius 3 is 2.85 bits per heavy atom. The summed E-state index contributed by atoms with van der Waals surface area (Å²) >= 11 is 6.24. The van der Waals surface area contributed by atoms with E-state index >= 15 is 0 Å². The van der Waals surface area contributed by atoms with Gasteiger partial charge in [-0.05, 0) is 48.8 Å². The molecule has 1 aliphatic rings. The SMILES string of the molecule is CC1CCC(NCc2c(Cl)oc3ccccc23)C(C)C1. The number of hydrogen-bond acceptors (Lipinski definition) is 2. The average Bonchev–Trinajstić information content (AvgIpc) is 2.74. The maximum absolute atomic E-state index is 6.24. The number of rotatable bonds is 3. The third-order valence-corrected chi connectivity index (χ3v) is 4.93. The molecule has 0 saturated heterocycles. The molecule has 3 rings (SSSR count). The summed E-state index contributed by atoms with van der Waals surface area (Å²) in [7, 11) is 0. The van der Waals surface area contributed by atoms with E-state index in [0.29, 0.717) is 11.3 Å². The Kier molecular flexibility index (Phi) is 4.04. The Hall–Kier alpha value is -0.990. The first-order valence-electron chi connectivity index (χ1n) is 7.54. The molecule has 3 atom stereocenters. The molecule has 1 aromatic heterocycles. The molecule has 20 heavy (non-hydrogen) atoms. The first-order chi connectivity index (χ1) is 9.65. The molecule has 2 aromatic rings. The van der Waals surface area contributed by atoms with Crippen molar-refractivity contribution in [3.8, 4) is 0 Å². The largest absolute Gasteiger partial charge is 0.444 e. The summed E-state index contributed by atoms with van der Waals surface area (Å²) < 4.78 is 5.61. The van der Waals surface area contributed by atoms with E-state index in [9.17, 15) is 0 Å². The number of benzene rings is 1. The van der Waals surface area contributed by atoms with E-state index in [2.05, 4.69) is 25.2 Å². The average molecular weight is 292 g/mol. The summed E-state index contributed by atoms with van der Waals surface area (Å²) in [6.45, 7) is 5.49. The van der Waals surface area contributed by atoms with Crippen molar-refractivity contribution in [1.82, 2.24) is 5.32 Å². The lowest BCUT2D eigenvalue weighted by Gasteiger charge is -2.33. The molecule has 1 aliphatic carbocycles. The number of fused-ring (bicyclic) bond motifs is 1. The van der Waals surface area contributed by atoms with E-state index in [4.69, 9.17) is 16.0 Å². The fourth-order valence-electron chi connectivity index (χ4n) is 3.44. The van der Waals surface area contributed by atoms with E-state index in [1.807, 2.05) is 18.2 Å². The smallest absolute Gasteiger partial charge is 0.199 e. The van der Waals surface area contributed by atoms with Gasteiger partial charge < -0.3 is 9.73 Å². The molecule has 0 aliphatic heterocycles. The van der Waals surface area contributed by atoms with Gasteiger partial charge in [-0.1, -0.05) is 32.0 Å². The topological polar surface area (TPSA) is 25.2 Å². The zero-order valence-electron chi connectivity index (χ0n) is 12.2. The van der Waals surface area contributed by atoms with Crippen LogP contribution in [0, 0.1) is 11.8 Å². The van der Waals surface area contributed by atoms with E-state index in [-0.39, 0.29) is 0 Å². The summed E-state index contributed by atoms with van der Waals surface area (Å²) in [6, 6.07) is 8.65. The molecule has 0 spiro atoms. The van der Waals surface area contributed by atoms with Gasteiger partial charge in [0.25, 0.3) is 0 Å². The van der Waals surface area contributed by atoms with E-state index in [1.54, 1.807) is 0 Å². The molecular formula is C17H22ClNO. The minimum atomic E-state index is 0.524. The maximum Gasteiger partial charge on any atom is 0.199 e. The Labute approximate surface area is 125 Å². The molecule has 2 nitrogen and oxygen atoms in total. The van der Waals surface area contributed by atoms with Crippen LogP contribution >= 0.6 is 11.6 Å². The Balaban J connectivity index is 1.72. The van der Waals surface area contributed by atoms with Gasteiger partial charge in [0.2, 0.25) is 0 Å². The fourth-order valence-corrected chi connectivity index (χ4v) is 3.69. The van der Waals surface area contributed by atoms with Crippen molar-refractivity contribution in [2.24, 2.45) is 11.8 Å². The summed E-state index contributed by atoms with van der Waals surface area (Å²) in [4.78, 5) is 0. The fraction of sp³-hybridized carbons (Fsp3) is 0.529. The van der Waals surface area contributed by atoms with Crippen molar-refractivity contribution in [3.63, 3.8) is 0 Å². The highest BCUT2D eigenvalue weighted by atomic mass is 35.5. The summed E-state index contributed by atoms with van der Waals surface area (Å²) in [5, 5.41) is 5.33. The molecule has 0 radical (unpaired) electrons. The molecule has 3 unspecified atom stereocenters. The third kappa shape index (κ3) is 2.72. The van der Waals surface area contributed by atoms with Crippen LogP contribution in [0.3, 0.4) is 0 Å². The van der Waals surface area contributed by atoms with Crippen LogP contribution in [0.15, 0.2) is 28.7 Å². The number of nitrogens with one attached hydrogen (secondary N) is 1. The normalized spacial score (nSPS) is 27.1. The van der Waals surface area contributed by atoms with Crippen LogP contribution in [0.5, 0.6) is 0 Å². The molecule has 1 saturated carbocycles. The standard InChI is InChI=1S/C17H22ClNO/c1-11-7-8-15(12(2)9-11)19-10-14-13-5-3-4-6-16(13)20-17(14)18/h3-6,11-12,15,19H,7-10H2,1-2H3. The second-order valence-corrected chi connectivity index (χ2v) is 6.58. The summed E-state index contributed by atoms with van der Waals surface area (Å²) in [5.74, 6) is 1.59. The molecule has 1 heterocycles. The second-order valence-electron chi connectivity index (χ2n) is 6.23. The Morgan fingerprint density at radius 2 is 2.05 bits per heavy atom. The minimum absolute atomic E-state index is 0.524. The van der Waals surface area contributed by atoms with Crippen LogP contribution < -0.4 is 5.32 Å². The molecule has 1 N–H and O–H groups in total. The van der Waals surface area contributed by atoms with Crippen molar-refractivity contribution < 1.29 is 4.42 Å². The van der Waals surface area contributed by atoms with E-state index in [1.165, 1.54) is 19.3 Å². The van der Waals surface area contributed by atoms with Crippen LogP contribution in [0.1, 0.15) is 38.7 Å². The Morgan fingerprint density at radius 1 is 1.25 bits per heavy atom. The van der Waals surface area contributed by atoms with Gasteiger partial charge in [-0.15, -0.1) is 0 Å². The van der Waals surface area contributed by atoms with Gasteiger partial charge in [0.05, 0.1) is 0 Å². The maximum atomic E-state index is 6.24. The van der Waals surface area contributed by atoms with E-state index in [0.717, 1.165) is 34.9 Å². The number of para-hydroxylation sites is 1. The number of furan rings is 1. The highest BCUT2D eigenvalue weighted by Gasteiger charge is 2.25. The lowest BCUT2D eigenvalue weighted by molar-refractivity contribution is 0.227. The van der Waals surface area contributed by atoms with Crippen molar-refractivity contribution in [2.75, 3.05) is 0 Å². The van der Waals surface area contributed by atoms with Crippen LogP contribution in [-0.2, 0) is 6.54 Å². The van der Waals surface area contributed by atoms with Gasteiger partial charge in [0, 0.05) is 23.5 Å². The van der Waals surface area contributed by atoms with Gasteiger partial charge in [-0.25, -0.2) is 0 Å². The molecule has 0 amide bonds.